The number of aliphatic hydroxyl groups is 1. The summed E-state index contributed by atoms with van der Waals surface area (Å²) in [6.45, 7) is 17.0. The molecular formula is C56H64ClN9O6S2. The first-order chi connectivity index (χ1) is 35.3. The van der Waals surface area contributed by atoms with E-state index in [1.807, 2.05) is 124 Å². The number of carbonyl (C=O) groups excluding carboxylic acids is 4. The fourth-order valence-corrected chi connectivity index (χ4v) is 12.5. The SMILES string of the molecule is Cc1ncsc1-c1ccc(CNC(=O)[C@@H]2C[C@@H](O)CC2C(=O)[C@@H](NC(=O)CO[C@@H]2CCN(c3ccc([C@@H](C)NC(=O)C[C@@H]4N=C(c5ccc(Cl)cc5)c5c(sc(C)c5C)-n5c(C)nnc54)cc3)C2)C(C)(C)C)cc1. The number of nitrogens with zero attached hydrogens (tertiary/aromatic N) is 6. The molecule has 388 valence electrons. The molecule has 1 saturated heterocycles. The Balaban J connectivity index is 0.767. The van der Waals surface area contributed by atoms with Gasteiger partial charge in [-0.3, -0.25) is 28.7 Å². The predicted octanol–water partition coefficient (Wildman–Crippen LogP) is 8.90. The zero-order valence-corrected chi connectivity index (χ0v) is 45.5. The molecule has 2 aliphatic heterocycles. The molecule has 5 heterocycles. The molecule has 7 atom stereocenters. The van der Waals surface area contributed by atoms with Gasteiger partial charge in [-0.15, -0.1) is 32.9 Å². The number of ether oxygens (including phenoxy) is 1. The maximum absolute atomic E-state index is 14.3. The minimum Gasteiger partial charge on any atom is -0.393 e. The Kier molecular flexibility index (Phi) is 15.7. The highest BCUT2D eigenvalue weighted by Crippen LogP contribution is 2.41. The molecule has 0 radical (unpaired) electrons. The molecule has 3 aromatic heterocycles. The van der Waals surface area contributed by atoms with Crippen LogP contribution in [0.3, 0.4) is 0 Å². The van der Waals surface area contributed by atoms with Crippen molar-refractivity contribution in [3.63, 3.8) is 0 Å². The molecule has 3 aromatic carbocycles. The van der Waals surface area contributed by atoms with Gasteiger partial charge in [0.25, 0.3) is 0 Å². The molecule has 2 fully saturated rings. The van der Waals surface area contributed by atoms with E-state index in [0.717, 1.165) is 72.7 Å². The first kappa shape index (κ1) is 52.7. The van der Waals surface area contributed by atoms with Gasteiger partial charge in [-0.05, 0) is 106 Å². The first-order valence-corrected chi connectivity index (χ1v) is 27.3. The van der Waals surface area contributed by atoms with Crippen molar-refractivity contribution in [1.29, 1.82) is 0 Å². The van der Waals surface area contributed by atoms with Gasteiger partial charge in [0, 0.05) is 52.3 Å². The topological polar surface area (TPSA) is 193 Å². The average molecular weight is 1060 g/mol. The minimum absolute atomic E-state index is 0.0705. The second-order valence-corrected chi connectivity index (χ2v) is 23.4. The van der Waals surface area contributed by atoms with E-state index in [9.17, 15) is 24.3 Å². The Morgan fingerprint density at radius 1 is 0.892 bits per heavy atom. The number of aliphatic hydroxyl groups excluding tert-OH is 1. The highest BCUT2D eigenvalue weighted by Gasteiger charge is 2.47. The van der Waals surface area contributed by atoms with Crippen molar-refractivity contribution in [3.05, 3.63) is 133 Å². The van der Waals surface area contributed by atoms with Gasteiger partial charge in [-0.25, -0.2) is 4.98 Å². The molecule has 0 spiro atoms. The predicted molar refractivity (Wildman–Crippen MR) is 290 cm³/mol. The standard InChI is InChI=1S/C56H64ClN9O6S2/c1-30-33(4)74-55-48(30)49(37-13-17-39(57)18-14-37)61-45(53-64-63-34(5)66(53)55)25-46(68)60-31(2)36-15-19-40(20-16-36)65-22-21-42(27-65)72-28-47(69)62-52(56(6,7)8)50(70)43-23-41(67)24-44(43)54(71)58-26-35-9-11-38(12-10-35)51-32(3)59-29-73-51/h9-20,29,31,41-45,52,67H,21-28H2,1-8H3,(H,58,71)(H,60,68)(H,62,69)/t31-,41+,42-,43?,44-,45+,52-/m1/s1. The number of rotatable bonds is 16. The van der Waals surface area contributed by atoms with Crippen molar-refractivity contribution < 1.29 is 29.0 Å². The highest BCUT2D eigenvalue weighted by atomic mass is 35.5. The van der Waals surface area contributed by atoms with Crippen LogP contribution in [0.15, 0.2) is 83.3 Å². The van der Waals surface area contributed by atoms with Crippen LogP contribution in [0, 0.1) is 44.9 Å². The number of halogens is 1. The van der Waals surface area contributed by atoms with E-state index < -0.39 is 41.3 Å². The molecule has 1 aliphatic carbocycles. The van der Waals surface area contributed by atoms with E-state index in [4.69, 9.17) is 21.3 Å². The van der Waals surface area contributed by atoms with Crippen LogP contribution in [-0.4, -0.2) is 92.0 Å². The van der Waals surface area contributed by atoms with Gasteiger partial charge in [-0.1, -0.05) is 80.9 Å². The highest BCUT2D eigenvalue weighted by molar-refractivity contribution is 7.15. The number of hydrogen-bond donors (Lipinski definition) is 4. The van der Waals surface area contributed by atoms with Gasteiger partial charge < -0.3 is 30.7 Å². The van der Waals surface area contributed by atoms with Gasteiger partial charge in [-0.2, -0.15) is 0 Å². The van der Waals surface area contributed by atoms with Crippen molar-refractivity contribution in [2.24, 2.45) is 22.2 Å². The average Bonchev–Trinajstić information content (AvgIpc) is 4.23. The van der Waals surface area contributed by atoms with Crippen molar-refractivity contribution in [2.45, 2.75) is 118 Å². The molecule has 74 heavy (non-hydrogen) atoms. The fourth-order valence-electron chi connectivity index (χ4n) is 10.4. The molecule has 0 bridgehead atoms. The summed E-state index contributed by atoms with van der Waals surface area (Å²) in [5.74, 6) is -1.28. The van der Waals surface area contributed by atoms with E-state index in [2.05, 4.69) is 49.9 Å². The molecule has 1 unspecified atom stereocenters. The number of thiophene rings is 1. The summed E-state index contributed by atoms with van der Waals surface area (Å²) < 4.78 is 8.18. The monoisotopic (exact) mass is 1060 g/mol. The number of fused-ring (bicyclic) bond motifs is 3. The third-order valence-electron chi connectivity index (χ3n) is 14.6. The molecule has 4 N–H and O–H groups in total. The van der Waals surface area contributed by atoms with Crippen LogP contribution in [0.2, 0.25) is 5.02 Å². The van der Waals surface area contributed by atoms with Gasteiger partial charge in [0.1, 0.15) is 23.5 Å². The smallest absolute Gasteiger partial charge is 0.246 e. The number of aliphatic imine (C=N–C) groups is 1. The van der Waals surface area contributed by atoms with Crippen molar-refractivity contribution in [2.75, 3.05) is 24.6 Å². The number of aryl methyl sites for hydroxylation is 3. The number of nitrogens with one attached hydrogen (secondary N) is 3. The lowest BCUT2D eigenvalue weighted by atomic mass is 9.77. The lowest BCUT2D eigenvalue weighted by molar-refractivity contribution is -0.138. The van der Waals surface area contributed by atoms with Crippen LogP contribution in [0.25, 0.3) is 15.4 Å². The van der Waals surface area contributed by atoms with Crippen molar-refractivity contribution in [3.8, 4) is 15.4 Å². The van der Waals surface area contributed by atoms with Crippen LogP contribution < -0.4 is 20.9 Å². The van der Waals surface area contributed by atoms with Crippen molar-refractivity contribution in [1.82, 2.24) is 35.7 Å². The second kappa shape index (κ2) is 22.0. The van der Waals surface area contributed by atoms with Gasteiger partial charge >= 0.3 is 0 Å². The quantitative estimate of drug-likeness (QED) is 0.0728. The molecule has 9 rings (SSSR count). The van der Waals surface area contributed by atoms with Crippen molar-refractivity contribution >= 4 is 69.2 Å². The Hall–Kier alpha value is -6.11. The van der Waals surface area contributed by atoms with Crippen LogP contribution in [0.4, 0.5) is 5.69 Å². The summed E-state index contributed by atoms with van der Waals surface area (Å²) in [6, 6.07) is 21.9. The van der Waals surface area contributed by atoms with Crippen LogP contribution in [0.5, 0.6) is 0 Å². The van der Waals surface area contributed by atoms with E-state index in [1.165, 1.54) is 4.88 Å². The van der Waals surface area contributed by atoms with E-state index >= 15 is 0 Å². The molecule has 1 saturated carbocycles. The summed E-state index contributed by atoms with van der Waals surface area (Å²) >= 11 is 9.54. The number of benzene rings is 3. The number of thiazole rings is 1. The Morgan fingerprint density at radius 3 is 2.28 bits per heavy atom. The summed E-state index contributed by atoms with van der Waals surface area (Å²) in [6.07, 6.45) is 0.0777. The zero-order chi connectivity index (χ0) is 52.6. The lowest BCUT2D eigenvalue weighted by Gasteiger charge is -2.33. The number of ketones is 1. The molecule has 3 amide bonds. The van der Waals surface area contributed by atoms with E-state index in [-0.39, 0.29) is 62.2 Å². The Labute approximate surface area is 445 Å². The lowest BCUT2D eigenvalue weighted by Crippen LogP contribution is -2.53. The normalized spacial score (nSPS) is 20.3. The Morgan fingerprint density at radius 2 is 1.59 bits per heavy atom. The number of amides is 3. The maximum atomic E-state index is 14.3. The van der Waals surface area contributed by atoms with Crippen LogP contribution in [0.1, 0.15) is 115 Å². The van der Waals surface area contributed by atoms with E-state index in [0.29, 0.717) is 23.8 Å². The molecule has 6 aromatic rings. The fraction of sp³-hybridized carbons (Fsp3) is 0.429. The third kappa shape index (κ3) is 11.4. The van der Waals surface area contributed by atoms with Gasteiger partial charge in [0.05, 0.1) is 58.4 Å². The third-order valence-corrected chi connectivity index (χ3v) is 17.0. The number of Topliss-reactive ketones (excluding diaryl/α,β-unsaturated/α-hetero) is 1. The Bertz CT molecular complexity index is 3070. The first-order valence-electron chi connectivity index (χ1n) is 25.2. The second-order valence-electron chi connectivity index (χ2n) is 20.9. The summed E-state index contributed by atoms with van der Waals surface area (Å²) in [5, 5.41) is 30.4. The number of carbonyl (C=O) groups is 4. The van der Waals surface area contributed by atoms with Crippen LogP contribution >= 0.6 is 34.3 Å². The summed E-state index contributed by atoms with van der Waals surface area (Å²) in [5.41, 5.74) is 9.85. The summed E-state index contributed by atoms with van der Waals surface area (Å²) in [7, 11) is 0. The number of hydrogen-bond acceptors (Lipinski definition) is 13. The molecule has 18 heteroatoms. The van der Waals surface area contributed by atoms with E-state index in [1.54, 1.807) is 22.7 Å². The number of aromatic nitrogens is 4. The van der Waals surface area contributed by atoms with Gasteiger partial charge in [0.15, 0.2) is 11.6 Å². The maximum Gasteiger partial charge on any atom is 0.246 e. The van der Waals surface area contributed by atoms with Crippen LogP contribution in [-0.2, 0) is 30.5 Å². The number of anilines is 1. The molecule has 15 nitrogen and oxygen atoms in total. The van der Waals surface area contributed by atoms with Gasteiger partial charge in [0.2, 0.25) is 17.7 Å². The minimum atomic E-state index is -0.898. The molecular weight excluding hydrogens is 994 g/mol. The summed E-state index contributed by atoms with van der Waals surface area (Å²) in [4.78, 5) is 69.3. The molecule has 3 aliphatic rings. The largest absolute Gasteiger partial charge is 0.393 e. The zero-order valence-electron chi connectivity index (χ0n) is 43.1.